The predicted molar refractivity (Wildman–Crippen MR) is 187 cm³/mol. The summed E-state index contributed by atoms with van der Waals surface area (Å²) in [6.45, 7) is 2.26. The molecule has 0 saturated carbocycles. The number of rotatable bonds is 4. The number of allylic oxidation sites excluding steroid dienone is 4. The molecule has 45 heavy (non-hydrogen) atoms. The number of nitrogens with zero attached hydrogens (tertiary/aromatic N) is 4. The van der Waals surface area contributed by atoms with Crippen LogP contribution >= 0.6 is 0 Å². The normalized spacial score (nSPS) is 15.0. The summed E-state index contributed by atoms with van der Waals surface area (Å²) in [5, 5.41) is 4.79. The number of fused-ring (bicyclic) bond motifs is 7. The molecular formula is C41H30N4. The van der Waals surface area contributed by atoms with Crippen molar-refractivity contribution >= 4 is 49.2 Å². The molecule has 0 saturated heterocycles. The average molecular weight is 579 g/mol. The van der Waals surface area contributed by atoms with Gasteiger partial charge >= 0.3 is 0 Å². The third kappa shape index (κ3) is 4.06. The highest BCUT2D eigenvalue weighted by Gasteiger charge is 2.23. The smallest absolute Gasteiger partial charge is 0.235 e. The third-order valence-electron chi connectivity index (χ3n) is 9.03. The Hall–Kier alpha value is -5.74. The van der Waals surface area contributed by atoms with Gasteiger partial charge in [0.1, 0.15) is 0 Å². The molecule has 0 aliphatic heterocycles. The van der Waals surface area contributed by atoms with Gasteiger partial charge < -0.3 is 4.57 Å². The molecule has 0 radical (unpaired) electrons. The minimum absolute atomic E-state index is 0.457. The van der Waals surface area contributed by atoms with Crippen LogP contribution < -0.4 is 0 Å². The first kappa shape index (κ1) is 25.7. The van der Waals surface area contributed by atoms with Gasteiger partial charge in [-0.3, -0.25) is 4.57 Å². The van der Waals surface area contributed by atoms with E-state index in [1.165, 1.54) is 27.1 Å². The van der Waals surface area contributed by atoms with Gasteiger partial charge in [-0.15, -0.1) is 0 Å². The molecule has 4 nitrogen and oxygen atoms in total. The van der Waals surface area contributed by atoms with Gasteiger partial charge in [-0.05, 0) is 48.2 Å². The van der Waals surface area contributed by atoms with E-state index in [-0.39, 0.29) is 0 Å². The SMILES string of the molecule is CC1C=C(c2cc(-c3ccccc3)nc(-n3c4ccccc4c4ccc5c6ccccc6n(-c6ccccc6)c5c43)n2)C=CC1. The predicted octanol–water partition coefficient (Wildman–Crippen LogP) is 10.3. The van der Waals surface area contributed by atoms with E-state index < -0.39 is 0 Å². The van der Waals surface area contributed by atoms with Gasteiger partial charge in [0.05, 0.1) is 33.5 Å². The molecule has 0 fully saturated rings. The molecule has 9 rings (SSSR count). The third-order valence-corrected chi connectivity index (χ3v) is 9.03. The lowest BCUT2D eigenvalue weighted by molar-refractivity contribution is 0.739. The molecule has 0 spiro atoms. The van der Waals surface area contributed by atoms with E-state index >= 15 is 0 Å². The zero-order valence-electron chi connectivity index (χ0n) is 24.9. The first-order valence-electron chi connectivity index (χ1n) is 15.6. The fourth-order valence-electron chi connectivity index (χ4n) is 7.00. The van der Waals surface area contributed by atoms with Gasteiger partial charge in [-0.2, -0.15) is 0 Å². The van der Waals surface area contributed by atoms with Crippen molar-refractivity contribution in [3.8, 4) is 22.9 Å². The highest BCUT2D eigenvalue weighted by molar-refractivity contribution is 6.23. The first-order chi connectivity index (χ1) is 22.2. The van der Waals surface area contributed by atoms with E-state index in [4.69, 9.17) is 9.97 Å². The molecule has 1 aliphatic carbocycles. The first-order valence-corrected chi connectivity index (χ1v) is 15.6. The second-order valence-corrected chi connectivity index (χ2v) is 11.9. The van der Waals surface area contributed by atoms with Crippen LogP contribution in [0.15, 0.2) is 146 Å². The van der Waals surface area contributed by atoms with E-state index in [9.17, 15) is 0 Å². The summed E-state index contributed by atoms with van der Waals surface area (Å²) < 4.78 is 4.69. The Kier molecular flexibility index (Phi) is 5.82. The van der Waals surface area contributed by atoms with Crippen LogP contribution in [-0.4, -0.2) is 19.1 Å². The maximum Gasteiger partial charge on any atom is 0.235 e. The number of para-hydroxylation sites is 3. The molecule has 214 valence electrons. The summed E-state index contributed by atoms with van der Waals surface area (Å²) in [4.78, 5) is 10.7. The Balaban J connectivity index is 1.46. The van der Waals surface area contributed by atoms with Gasteiger partial charge in [0, 0.05) is 32.8 Å². The summed E-state index contributed by atoms with van der Waals surface area (Å²) in [5.41, 5.74) is 9.69. The summed E-state index contributed by atoms with van der Waals surface area (Å²) in [6, 6.07) is 45.1. The molecule has 8 aromatic rings. The van der Waals surface area contributed by atoms with Crippen LogP contribution in [0.2, 0.25) is 0 Å². The summed E-state index contributed by atoms with van der Waals surface area (Å²) in [6.07, 6.45) is 7.84. The molecule has 3 aromatic heterocycles. The number of hydrogen-bond acceptors (Lipinski definition) is 2. The second-order valence-electron chi connectivity index (χ2n) is 11.9. The Bertz CT molecular complexity index is 2460. The zero-order chi connectivity index (χ0) is 29.9. The van der Waals surface area contributed by atoms with Crippen LogP contribution in [0.3, 0.4) is 0 Å². The van der Waals surface area contributed by atoms with Gasteiger partial charge in [-0.25, -0.2) is 9.97 Å². The largest absolute Gasteiger partial charge is 0.307 e. The lowest BCUT2D eigenvalue weighted by atomic mass is 9.95. The van der Waals surface area contributed by atoms with Crippen molar-refractivity contribution in [3.05, 3.63) is 151 Å². The molecule has 5 aromatic carbocycles. The standard InChI is InChI=1S/C41H30N4/c1-27-13-12-16-29(25-27)36-26-35(28-14-4-2-5-15-28)42-41(43-36)45-38-22-11-9-20-32(38)34-24-23-33-31-19-8-10-21-37(31)44(39(33)40(34)45)30-17-6-3-7-18-30/h2-12,14-27H,13H2,1H3. The van der Waals surface area contributed by atoms with Crippen molar-refractivity contribution in [1.29, 1.82) is 0 Å². The number of hydrogen-bond donors (Lipinski definition) is 0. The molecule has 0 amide bonds. The zero-order valence-corrected chi connectivity index (χ0v) is 24.9. The topological polar surface area (TPSA) is 35.6 Å². The quantitative estimate of drug-likeness (QED) is 0.208. The molecule has 1 unspecified atom stereocenters. The maximum absolute atomic E-state index is 5.35. The van der Waals surface area contributed by atoms with E-state index in [1.807, 2.05) is 6.07 Å². The Morgan fingerprint density at radius 2 is 1.16 bits per heavy atom. The van der Waals surface area contributed by atoms with Gasteiger partial charge in [0.2, 0.25) is 5.95 Å². The highest BCUT2D eigenvalue weighted by Crippen LogP contribution is 2.41. The molecule has 0 N–H and O–H groups in total. The van der Waals surface area contributed by atoms with Gasteiger partial charge in [0.15, 0.2) is 0 Å². The van der Waals surface area contributed by atoms with Crippen molar-refractivity contribution in [3.63, 3.8) is 0 Å². The fraction of sp³-hybridized carbons (Fsp3) is 0.0732. The molecule has 0 bridgehead atoms. The van der Waals surface area contributed by atoms with E-state index in [0.29, 0.717) is 11.9 Å². The fourth-order valence-corrected chi connectivity index (χ4v) is 7.00. The van der Waals surface area contributed by atoms with E-state index in [2.05, 4.69) is 156 Å². The number of benzene rings is 5. The van der Waals surface area contributed by atoms with Crippen LogP contribution in [0.4, 0.5) is 0 Å². The molecular weight excluding hydrogens is 548 g/mol. The summed E-state index contributed by atoms with van der Waals surface area (Å²) in [5.74, 6) is 1.13. The lowest BCUT2D eigenvalue weighted by Crippen LogP contribution is -2.07. The van der Waals surface area contributed by atoms with Crippen molar-refractivity contribution < 1.29 is 0 Å². The van der Waals surface area contributed by atoms with Gasteiger partial charge in [-0.1, -0.05) is 122 Å². The van der Waals surface area contributed by atoms with E-state index in [0.717, 1.165) is 51.2 Å². The van der Waals surface area contributed by atoms with Gasteiger partial charge in [0.25, 0.3) is 0 Å². The van der Waals surface area contributed by atoms with Crippen LogP contribution in [0, 0.1) is 5.92 Å². The summed E-state index contributed by atoms with van der Waals surface area (Å²) in [7, 11) is 0. The van der Waals surface area contributed by atoms with Crippen LogP contribution in [0.1, 0.15) is 19.0 Å². The molecule has 3 heterocycles. The Labute approximate surface area is 261 Å². The summed E-state index contributed by atoms with van der Waals surface area (Å²) >= 11 is 0. The second kappa shape index (κ2) is 10.2. The Morgan fingerprint density at radius 1 is 0.578 bits per heavy atom. The average Bonchev–Trinajstić information content (AvgIpc) is 3.62. The molecule has 4 heteroatoms. The van der Waals surface area contributed by atoms with Crippen LogP contribution in [0.25, 0.3) is 72.1 Å². The van der Waals surface area contributed by atoms with Crippen molar-refractivity contribution in [2.45, 2.75) is 13.3 Å². The maximum atomic E-state index is 5.35. The molecule has 1 aliphatic rings. The van der Waals surface area contributed by atoms with Crippen LogP contribution in [-0.2, 0) is 0 Å². The van der Waals surface area contributed by atoms with E-state index in [1.54, 1.807) is 0 Å². The van der Waals surface area contributed by atoms with Crippen molar-refractivity contribution in [2.24, 2.45) is 5.92 Å². The molecule has 1 atom stereocenters. The Morgan fingerprint density at radius 3 is 1.84 bits per heavy atom. The van der Waals surface area contributed by atoms with Crippen molar-refractivity contribution in [1.82, 2.24) is 19.1 Å². The lowest BCUT2D eigenvalue weighted by Gasteiger charge is -2.16. The number of aromatic nitrogens is 4. The monoisotopic (exact) mass is 578 g/mol. The van der Waals surface area contributed by atoms with Crippen LogP contribution in [0.5, 0.6) is 0 Å². The minimum atomic E-state index is 0.457. The highest BCUT2D eigenvalue weighted by atomic mass is 15.2. The minimum Gasteiger partial charge on any atom is -0.307 e. The van der Waals surface area contributed by atoms with Crippen molar-refractivity contribution in [2.75, 3.05) is 0 Å².